The maximum absolute atomic E-state index is 13.3. The number of carbonyl (C=O) groups excluding carboxylic acids is 1. The summed E-state index contributed by atoms with van der Waals surface area (Å²) in [7, 11) is 0. The molecule has 0 spiro atoms. The molecule has 1 atom stereocenters. The second kappa shape index (κ2) is 3.65. The summed E-state index contributed by atoms with van der Waals surface area (Å²) in [6, 6.07) is 12.4. The molecule has 18 heavy (non-hydrogen) atoms. The van der Waals surface area contributed by atoms with Gasteiger partial charge in [-0.15, -0.1) is 0 Å². The lowest BCUT2D eigenvalue weighted by Gasteiger charge is -2.21. The molecular formula is C14H10FNO2. The van der Waals surface area contributed by atoms with E-state index in [9.17, 15) is 14.3 Å². The standard InChI is InChI=1S/C14H10FNO2/c15-10-6-7-12-11(8-10)14(18,13(17)16-12)9-4-2-1-3-5-9/h1-8,18H,(H,16,17). The molecule has 1 aliphatic heterocycles. The minimum Gasteiger partial charge on any atom is -0.372 e. The number of fused-ring (bicyclic) bond motifs is 1. The molecule has 2 N–H and O–H groups in total. The van der Waals surface area contributed by atoms with Crippen molar-refractivity contribution in [3.05, 3.63) is 65.5 Å². The second-order valence-electron chi connectivity index (χ2n) is 4.22. The number of hydrogen-bond acceptors (Lipinski definition) is 2. The highest BCUT2D eigenvalue weighted by Gasteiger charge is 2.46. The highest BCUT2D eigenvalue weighted by Crippen LogP contribution is 2.40. The molecule has 1 heterocycles. The Hall–Kier alpha value is -2.20. The van der Waals surface area contributed by atoms with E-state index in [1.54, 1.807) is 30.3 Å². The van der Waals surface area contributed by atoms with E-state index in [1.165, 1.54) is 18.2 Å². The molecule has 0 radical (unpaired) electrons. The van der Waals surface area contributed by atoms with Gasteiger partial charge in [-0.2, -0.15) is 0 Å². The molecule has 2 aromatic carbocycles. The fraction of sp³-hybridized carbons (Fsp3) is 0.0714. The van der Waals surface area contributed by atoms with Crippen molar-refractivity contribution in [2.75, 3.05) is 5.32 Å². The quantitative estimate of drug-likeness (QED) is 0.805. The lowest BCUT2D eigenvalue weighted by molar-refractivity contribution is -0.129. The van der Waals surface area contributed by atoms with Crippen molar-refractivity contribution in [2.24, 2.45) is 0 Å². The zero-order valence-corrected chi connectivity index (χ0v) is 9.35. The molecule has 3 rings (SSSR count). The molecule has 1 amide bonds. The number of nitrogens with one attached hydrogen (secondary N) is 1. The Balaban J connectivity index is 2.25. The lowest BCUT2D eigenvalue weighted by atomic mass is 9.87. The van der Waals surface area contributed by atoms with Gasteiger partial charge in [0.15, 0.2) is 5.60 Å². The van der Waals surface area contributed by atoms with Crippen LogP contribution in [0.4, 0.5) is 10.1 Å². The Morgan fingerprint density at radius 2 is 1.83 bits per heavy atom. The van der Waals surface area contributed by atoms with Gasteiger partial charge in [-0.3, -0.25) is 4.79 Å². The number of halogens is 1. The summed E-state index contributed by atoms with van der Waals surface area (Å²) in [6.07, 6.45) is 0. The topological polar surface area (TPSA) is 49.3 Å². The third kappa shape index (κ3) is 1.36. The normalized spacial score (nSPS) is 21.6. The van der Waals surface area contributed by atoms with Gasteiger partial charge in [-0.25, -0.2) is 4.39 Å². The Morgan fingerprint density at radius 3 is 2.56 bits per heavy atom. The molecule has 2 aromatic rings. The summed E-state index contributed by atoms with van der Waals surface area (Å²) in [5, 5.41) is 13.2. The first-order valence-corrected chi connectivity index (χ1v) is 5.52. The molecule has 0 bridgehead atoms. The monoisotopic (exact) mass is 243 g/mol. The SMILES string of the molecule is O=C1Nc2ccc(F)cc2C1(O)c1ccccc1. The third-order valence-electron chi connectivity index (χ3n) is 3.14. The van der Waals surface area contributed by atoms with Gasteiger partial charge >= 0.3 is 0 Å². The van der Waals surface area contributed by atoms with Crippen LogP contribution in [0.25, 0.3) is 0 Å². The Kier molecular flexibility index (Phi) is 2.21. The molecular weight excluding hydrogens is 233 g/mol. The average molecular weight is 243 g/mol. The number of hydrogen-bond donors (Lipinski definition) is 2. The highest BCUT2D eigenvalue weighted by atomic mass is 19.1. The maximum atomic E-state index is 13.3. The number of rotatable bonds is 1. The summed E-state index contributed by atoms with van der Waals surface area (Å²) in [5.41, 5.74) is -0.711. The van der Waals surface area contributed by atoms with Gasteiger partial charge in [0.2, 0.25) is 0 Å². The van der Waals surface area contributed by atoms with Crippen molar-refractivity contribution in [3.8, 4) is 0 Å². The highest BCUT2D eigenvalue weighted by molar-refractivity contribution is 6.07. The predicted octanol–water partition coefficient (Wildman–Crippen LogP) is 2.01. The van der Waals surface area contributed by atoms with Crippen LogP contribution in [-0.4, -0.2) is 11.0 Å². The number of aliphatic hydroxyl groups is 1. The number of carbonyl (C=O) groups is 1. The van der Waals surface area contributed by atoms with E-state index < -0.39 is 17.3 Å². The van der Waals surface area contributed by atoms with Gasteiger partial charge in [0.05, 0.1) is 0 Å². The van der Waals surface area contributed by atoms with Crippen molar-refractivity contribution in [1.29, 1.82) is 0 Å². The molecule has 1 unspecified atom stereocenters. The van der Waals surface area contributed by atoms with E-state index in [0.717, 1.165) is 0 Å². The van der Waals surface area contributed by atoms with Crippen LogP contribution >= 0.6 is 0 Å². The summed E-state index contributed by atoms with van der Waals surface area (Å²) < 4.78 is 13.3. The molecule has 0 aromatic heterocycles. The Labute approximate surface area is 103 Å². The molecule has 0 saturated heterocycles. The summed E-state index contributed by atoms with van der Waals surface area (Å²) >= 11 is 0. The number of benzene rings is 2. The van der Waals surface area contributed by atoms with Crippen LogP contribution in [0, 0.1) is 5.82 Å². The minimum atomic E-state index is -1.82. The van der Waals surface area contributed by atoms with Crippen molar-refractivity contribution < 1.29 is 14.3 Å². The molecule has 0 saturated carbocycles. The van der Waals surface area contributed by atoms with Crippen molar-refractivity contribution in [3.63, 3.8) is 0 Å². The van der Waals surface area contributed by atoms with Crippen LogP contribution < -0.4 is 5.32 Å². The first-order valence-electron chi connectivity index (χ1n) is 5.52. The fourth-order valence-corrected chi connectivity index (χ4v) is 2.23. The van der Waals surface area contributed by atoms with Gasteiger partial charge in [0.25, 0.3) is 5.91 Å². The van der Waals surface area contributed by atoms with E-state index in [0.29, 0.717) is 11.3 Å². The van der Waals surface area contributed by atoms with Crippen LogP contribution in [0.2, 0.25) is 0 Å². The lowest BCUT2D eigenvalue weighted by Crippen LogP contribution is -2.35. The van der Waals surface area contributed by atoms with Crippen LogP contribution in [0.15, 0.2) is 48.5 Å². The van der Waals surface area contributed by atoms with E-state index in [4.69, 9.17) is 0 Å². The molecule has 3 nitrogen and oxygen atoms in total. The molecule has 4 heteroatoms. The summed E-state index contributed by atoms with van der Waals surface area (Å²) in [5.74, 6) is -1.05. The van der Waals surface area contributed by atoms with Gasteiger partial charge in [-0.1, -0.05) is 30.3 Å². The minimum absolute atomic E-state index is 0.249. The fourth-order valence-electron chi connectivity index (χ4n) is 2.23. The summed E-state index contributed by atoms with van der Waals surface area (Å²) in [4.78, 5) is 12.0. The van der Waals surface area contributed by atoms with Crippen molar-refractivity contribution >= 4 is 11.6 Å². The van der Waals surface area contributed by atoms with Gasteiger partial charge < -0.3 is 10.4 Å². The zero-order valence-electron chi connectivity index (χ0n) is 9.35. The molecule has 90 valence electrons. The van der Waals surface area contributed by atoms with E-state index in [-0.39, 0.29) is 5.56 Å². The summed E-state index contributed by atoms with van der Waals surface area (Å²) in [6.45, 7) is 0. The van der Waals surface area contributed by atoms with Crippen LogP contribution in [0.3, 0.4) is 0 Å². The van der Waals surface area contributed by atoms with Gasteiger partial charge in [0, 0.05) is 11.3 Å². The van der Waals surface area contributed by atoms with Gasteiger partial charge in [0.1, 0.15) is 5.82 Å². The predicted molar refractivity (Wildman–Crippen MR) is 64.5 cm³/mol. The van der Waals surface area contributed by atoms with Crippen LogP contribution in [-0.2, 0) is 10.4 Å². The number of anilines is 1. The van der Waals surface area contributed by atoms with Crippen LogP contribution in [0.1, 0.15) is 11.1 Å². The average Bonchev–Trinajstić information content (AvgIpc) is 2.64. The third-order valence-corrected chi connectivity index (χ3v) is 3.14. The molecule has 0 aliphatic carbocycles. The first-order chi connectivity index (χ1) is 8.62. The van der Waals surface area contributed by atoms with E-state index >= 15 is 0 Å². The Morgan fingerprint density at radius 1 is 1.11 bits per heavy atom. The van der Waals surface area contributed by atoms with Gasteiger partial charge in [-0.05, 0) is 23.8 Å². The van der Waals surface area contributed by atoms with E-state index in [1.807, 2.05) is 0 Å². The first kappa shape index (κ1) is 10.9. The van der Waals surface area contributed by atoms with Crippen LogP contribution in [0.5, 0.6) is 0 Å². The smallest absolute Gasteiger partial charge is 0.265 e. The Bertz CT molecular complexity index is 627. The second-order valence-corrected chi connectivity index (χ2v) is 4.22. The largest absolute Gasteiger partial charge is 0.372 e. The zero-order chi connectivity index (χ0) is 12.8. The number of amides is 1. The van der Waals surface area contributed by atoms with Crippen molar-refractivity contribution in [2.45, 2.75) is 5.60 Å². The van der Waals surface area contributed by atoms with E-state index in [2.05, 4.69) is 5.32 Å². The van der Waals surface area contributed by atoms with Crippen molar-refractivity contribution in [1.82, 2.24) is 0 Å². The molecule has 0 fully saturated rings. The maximum Gasteiger partial charge on any atom is 0.265 e. The molecule has 1 aliphatic rings.